The van der Waals surface area contributed by atoms with Gasteiger partial charge in [0.25, 0.3) is 0 Å². The Bertz CT molecular complexity index is 172. The van der Waals surface area contributed by atoms with E-state index >= 15 is 0 Å². The van der Waals surface area contributed by atoms with Crippen LogP contribution in [-0.2, 0) is 0 Å². The predicted molar refractivity (Wildman–Crippen MR) is 68.6 cm³/mol. The van der Waals surface area contributed by atoms with Gasteiger partial charge < -0.3 is 4.90 Å². The third kappa shape index (κ3) is 4.32. The van der Waals surface area contributed by atoms with Gasteiger partial charge in [0.15, 0.2) is 0 Å². The van der Waals surface area contributed by atoms with Gasteiger partial charge in [0.1, 0.15) is 0 Å². The van der Waals surface area contributed by atoms with Gasteiger partial charge in [-0.2, -0.15) is 0 Å². The van der Waals surface area contributed by atoms with Gasteiger partial charge in [-0.25, -0.2) is 0 Å². The van der Waals surface area contributed by atoms with Crippen molar-refractivity contribution in [3.63, 3.8) is 0 Å². The topological polar surface area (TPSA) is 3.24 Å². The quantitative estimate of drug-likeness (QED) is 0.652. The number of alkyl halides is 1. The van der Waals surface area contributed by atoms with Crippen LogP contribution in [0.3, 0.4) is 0 Å². The molecule has 0 aromatic carbocycles. The number of likely N-dealkylation sites (tertiary alicyclic amines) is 1. The Hall–Kier alpha value is 0.250. The number of hydrogen-bond acceptors (Lipinski definition) is 1. The molecule has 1 aliphatic heterocycles. The van der Waals surface area contributed by atoms with Crippen molar-refractivity contribution >= 4 is 11.6 Å². The Morgan fingerprint density at radius 2 is 2.07 bits per heavy atom. The first-order valence-electron chi connectivity index (χ1n) is 6.45. The highest BCUT2D eigenvalue weighted by Gasteiger charge is 2.24. The molecule has 0 aliphatic carbocycles. The third-order valence-corrected chi connectivity index (χ3v) is 4.23. The van der Waals surface area contributed by atoms with E-state index in [4.69, 9.17) is 11.6 Å². The molecule has 1 heterocycles. The summed E-state index contributed by atoms with van der Waals surface area (Å²) in [4.78, 5) is 2.67. The molecule has 0 N–H and O–H groups in total. The maximum Gasteiger partial charge on any atom is 0.0225 e. The van der Waals surface area contributed by atoms with Gasteiger partial charge in [-0.15, -0.1) is 11.6 Å². The fourth-order valence-electron chi connectivity index (χ4n) is 2.45. The molecule has 0 radical (unpaired) electrons. The van der Waals surface area contributed by atoms with E-state index in [-0.39, 0.29) is 0 Å². The van der Waals surface area contributed by atoms with Gasteiger partial charge in [0.05, 0.1) is 0 Å². The van der Waals surface area contributed by atoms with Crippen molar-refractivity contribution in [2.24, 2.45) is 11.8 Å². The van der Waals surface area contributed by atoms with Crippen LogP contribution in [0.25, 0.3) is 0 Å². The van der Waals surface area contributed by atoms with E-state index in [1.165, 1.54) is 38.8 Å². The molecule has 1 fully saturated rings. The average Bonchev–Trinajstić information content (AvgIpc) is 2.21. The molecular formula is C13H26ClN. The lowest BCUT2D eigenvalue weighted by Crippen LogP contribution is -2.43. The maximum atomic E-state index is 5.76. The van der Waals surface area contributed by atoms with Crippen LogP contribution < -0.4 is 0 Å². The van der Waals surface area contributed by atoms with Crippen LogP contribution in [0, 0.1) is 11.8 Å². The fourth-order valence-corrected chi connectivity index (χ4v) is 2.83. The first-order chi connectivity index (χ1) is 7.15. The van der Waals surface area contributed by atoms with E-state index in [0.717, 1.165) is 23.8 Å². The summed E-state index contributed by atoms with van der Waals surface area (Å²) < 4.78 is 0. The molecule has 15 heavy (non-hydrogen) atoms. The fraction of sp³-hybridized carbons (Fsp3) is 1.00. The Morgan fingerprint density at radius 1 is 1.33 bits per heavy atom. The van der Waals surface area contributed by atoms with Gasteiger partial charge in [-0.1, -0.05) is 13.8 Å². The highest BCUT2D eigenvalue weighted by Crippen LogP contribution is 2.23. The summed E-state index contributed by atoms with van der Waals surface area (Å²) >= 11 is 5.76. The number of nitrogens with zero attached hydrogens (tertiary/aromatic N) is 1. The van der Waals surface area contributed by atoms with Crippen LogP contribution in [-0.4, -0.2) is 29.9 Å². The van der Waals surface area contributed by atoms with Crippen molar-refractivity contribution in [1.29, 1.82) is 0 Å². The molecule has 1 aliphatic rings. The summed E-state index contributed by atoms with van der Waals surface area (Å²) in [5.74, 6) is 2.47. The molecule has 1 saturated heterocycles. The summed E-state index contributed by atoms with van der Waals surface area (Å²) in [6.07, 6.45) is 5.27. The van der Waals surface area contributed by atoms with Crippen LogP contribution >= 0.6 is 11.6 Å². The molecular weight excluding hydrogens is 206 g/mol. The van der Waals surface area contributed by atoms with Crippen molar-refractivity contribution in [3.05, 3.63) is 0 Å². The lowest BCUT2D eigenvalue weighted by molar-refractivity contribution is 0.107. The average molecular weight is 232 g/mol. The smallest absolute Gasteiger partial charge is 0.0225 e. The van der Waals surface area contributed by atoms with E-state index < -0.39 is 0 Å². The molecule has 0 saturated carbocycles. The van der Waals surface area contributed by atoms with E-state index in [9.17, 15) is 0 Å². The highest BCUT2D eigenvalue weighted by molar-refractivity contribution is 6.17. The summed E-state index contributed by atoms with van der Waals surface area (Å²) in [5.41, 5.74) is 0. The van der Waals surface area contributed by atoms with Crippen molar-refractivity contribution in [1.82, 2.24) is 4.90 Å². The van der Waals surface area contributed by atoms with Crippen molar-refractivity contribution in [2.75, 3.05) is 19.0 Å². The van der Waals surface area contributed by atoms with Crippen molar-refractivity contribution in [2.45, 2.75) is 52.5 Å². The van der Waals surface area contributed by atoms with Crippen LogP contribution in [0.1, 0.15) is 46.5 Å². The summed E-state index contributed by atoms with van der Waals surface area (Å²) in [6, 6.07) is 0.780. The second-order valence-corrected chi connectivity index (χ2v) is 5.65. The molecule has 0 aromatic rings. The van der Waals surface area contributed by atoms with Gasteiger partial charge in [0, 0.05) is 11.9 Å². The Kier molecular flexibility index (Phi) is 5.99. The number of rotatable bonds is 5. The zero-order valence-corrected chi connectivity index (χ0v) is 11.3. The van der Waals surface area contributed by atoms with Gasteiger partial charge in [0.2, 0.25) is 0 Å². The molecule has 0 spiro atoms. The molecule has 2 heteroatoms. The number of hydrogen-bond donors (Lipinski definition) is 0. The minimum Gasteiger partial charge on any atom is -0.300 e. The largest absolute Gasteiger partial charge is 0.300 e. The highest BCUT2D eigenvalue weighted by atomic mass is 35.5. The zero-order chi connectivity index (χ0) is 11.3. The van der Waals surface area contributed by atoms with Crippen molar-refractivity contribution in [3.8, 4) is 0 Å². The van der Waals surface area contributed by atoms with Crippen molar-refractivity contribution < 1.29 is 0 Å². The molecule has 1 nitrogen and oxygen atoms in total. The predicted octanol–water partition coefficient (Wildman–Crippen LogP) is 3.76. The summed E-state index contributed by atoms with van der Waals surface area (Å²) in [6.45, 7) is 9.66. The van der Waals surface area contributed by atoms with E-state index in [2.05, 4.69) is 25.7 Å². The molecule has 3 atom stereocenters. The van der Waals surface area contributed by atoms with Gasteiger partial charge in [-0.3, -0.25) is 0 Å². The zero-order valence-electron chi connectivity index (χ0n) is 10.5. The Labute approximate surface area is 100 Å². The van der Waals surface area contributed by atoms with E-state index in [1.807, 2.05) is 0 Å². The minimum atomic E-state index is 0.780. The standard InChI is InChI=1S/C13H26ClN/c1-11(6-8-14)7-10-15-9-4-5-12(2)13(15)3/h11-13H,4-10H2,1-3H3. The summed E-state index contributed by atoms with van der Waals surface area (Å²) in [7, 11) is 0. The molecule has 90 valence electrons. The Morgan fingerprint density at radius 3 is 2.73 bits per heavy atom. The molecule has 3 unspecified atom stereocenters. The molecule has 0 bridgehead atoms. The normalized spacial score (nSPS) is 30.4. The first-order valence-corrected chi connectivity index (χ1v) is 6.98. The van der Waals surface area contributed by atoms with E-state index in [0.29, 0.717) is 0 Å². The van der Waals surface area contributed by atoms with Gasteiger partial charge >= 0.3 is 0 Å². The molecule has 1 rings (SSSR count). The lowest BCUT2D eigenvalue weighted by Gasteiger charge is -2.38. The Balaban J connectivity index is 2.25. The molecule has 0 aromatic heterocycles. The molecule has 0 amide bonds. The van der Waals surface area contributed by atoms with E-state index in [1.54, 1.807) is 0 Å². The van der Waals surface area contributed by atoms with Crippen LogP contribution in [0.4, 0.5) is 0 Å². The van der Waals surface area contributed by atoms with Crippen LogP contribution in [0.15, 0.2) is 0 Å². The van der Waals surface area contributed by atoms with Crippen LogP contribution in [0.2, 0.25) is 0 Å². The minimum absolute atomic E-state index is 0.780. The lowest BCUT2D eigenvalue weighted by atomic mass is 9.91. The maximum absolute atomic E-state index is 5.76. The summed E-state index contributed by atoms with van der Waals surface area (Å²) in [5, 5.41) is 0. The second-order valence-electron chi connectivity index (χ2n) is 5.27. The second kappa shape index (κ2) is 6.75. The van der Waals surface area contributed by atoms with Crippen LogP contribution in [0.5, 0.6) is 0 Å². The van der Waals surface area contributed by atoms with Gasteiger partial charge in [-0.05, 0) is 57.5 Å². The first kappa shape index (κ1) is 13.3. The SMILES string of the molecule is CC(CCCl)CCN1CCCC(C)C1C. The monoisotopic (exact) mass is 231 g/mol. The number of halogens is 1. The number of piperidine rings is 1. The third-order valence-electron chi connectivity index (χ3n) is 4.02.